The van der Waals surface area contributed by atoms with Crippen LogP contribution in [0.5, 0.6) is 0 Å². The number of carboxylic acids is 1. The maximum absolute atomic E-state index is 13.0. The van der Waals surface area contributed by atoms with Crippen LogP contribution in [-0.4, -0.2) is 16.1 Å². The van der Waals surface area contributed by atoms with Gasteiger partial charge in [0, 0.05) is 11.9 Å². The van der Waals surface area contributed by atoms with E-state index in [-0.39, 0.29) is 21.4 Å². The Bertz CT molecular complexity index is 650. The highest BCUT2D eigenvalue weighted by Gasteiger charge is 2.13. The number of halogens is 3. The van der Waals surface area contributed by atoms with Gasteiger partial charge in [0.2, 0.25) is 0 Å². The minimum absolute atomic E-state index is 0.0733. The number of benzene rings is 1. The molecule has 0 fully saturated rings. The Balaban J connectivity index is 2.37. The molecule has 98 valence electrons. The first kappa shape index (κ1) is 13.6. The number of hydrogen-bond acceptors (Lipinski definition) is 3. The first-order valence-corrected chi connectivity index (χ1v) is 5.84. The third-order valence-corrected chi connectivity index (χ3v) is 2.76. The topological polar surface area (TPSA) is 62.2 Å². The lowest BCUT2D eigenvalue weighted by atomic mass is 10.2. The molecule has 0 saturated heterocycles. The normalized spacial score (nSPS) is 10.3. The van der Waals surface area contributed by atoms with Gasteiger partial charge in [0.1, 0.15) is 17.2 Å². The van der Waals surface area contributed by atoms with Crippen LogP contribution in [0.3, 0.4) is 0 Å². The van der Waals surface area contributed by atoms with Crippen molar-refractivity contribution in [1.29, 1.82) is 0 Å². The number of nitrogens with zero attached hydrogens (tertiary/aromatic N) is 1. The Kier molecular flexibility index (Phi) is 3.87. The molecular weight excluding hydrogens is 294 g/mol. The Labute approximate surface area is 117 Å². The second-order valence-corrected chi connectivity index (χ2v) is 4.45. The molecule has 1 aromatic carbocycles. The zero-order chi connectivity index (χ0) is 14.0. The summed E-state index contributed by atoms with van der Waals surface area (Å²) in [5.41, 5.74) is 0.330. The summed E-state index contributed by atoms with van der Waals surface area (Å²) in [6, 6.07) is 5.19. The van der Waals surface area contributed by atoms with Gasteiger partial charge in [0.25, 0.3) is 0 Å². The van der Waals surface area contributed by atoms with Gasteiger partial charge in [-0.25, -0.2) is 14.2 Å². The molecule has 2 aromatic rings. The summed E-state index contributed by atoms with van der Waals surface area (Å²) in [5.74, 6) is -1.64. The number of carboxylic acid groups (broad SMARTS) is 1. The molecule has 0 aliphatic carbocycles. The molecule has 0 aliphatic heterocycles. The molecular formula is C12H7Cl2FN2O2. The summed E-state index contributed by atoms with van der Waals surface area (Å²) in [5, 5.41) is 11.9. The van der Waals surface area contributed by atoms with Crippen LogP contribution in [0.15, 0.2) is 30.5 Å². The number of rotatable bonds is 3. The molecule has 1 heterocycles. The van der Waals surface area contributed by atoms with Crippen LogP contribution < -0.4 is 5.32 Å². The fraction of sp³-hybridized carbons (Fsp3) is 0. The van der Waals surface area contributed by atoms with Crippen LogP contribution in [0.25, 0.3) is 0 Å². The zero-order valence-corrected chi connectivity index (χ0v) is 10.8. The van der Waals surface area contributed by atoms with Gasteiger partial charge < -0.3 is 10.4 Å². The number of carbonyl (C=O) groups is 1. The molecule has 4 nitrogen and oxygen atoms in total. The average molecular weight is 301 g/mol. The van der Waals surface area contributed by atoms with Gasteiger partial charge in [-0.3, -0.25) is 0 Å². The van der Waals surface area contributed by atoms with Crippen molar-refractivity contribution in [3.63, 3.8) is 0 Å². The van der Waals surface area contributed by atoms with Crippen molar-refractivity contribution in [2.24, 2.45) is 0 Å². The van der Waals surface area contributed by atoms with Crippen LogP contribution in [0.4, 0.5) is 15.9 Å². The van der Waals surface area contributed by atoms with E-state index in [9.17, 15) is 9.18 Å². The molecule has 0 atom stereocenters. The lowest BCUT2D eigenvalue weighted by Gasteiger charge is -2.09. The van der Waals surface area contributed by atoms with Crippen molar-refractivity contribution in [2.45, 2.75) is 0 Å². The molecule has 7 heteroatoms. The van der Waals surface area contributed by atoms with Gasteiger partial charge in [-0.15, -0.1) is 0 Å². The standard InChI is InChI=1S/C12H7Cl2FN2O2/c13-6-3-8(12(18)19)11(16-5-6)17-7-1-2-10(15)9(14)4-7/h1-5H,(H,16,17)(H,18,19). The third-order valence-electron chi connectivity index (χ3n) is 2.27. The minimum Gasteiger partial charge on any atom is -0.478 e. The van der Waals surface area contributed by atoms with Crippen molar-refractivity contribution >= 4 is 40.7 Å². The van der Waals surface area contributed by atoms with Gasteiger partial charge >= 0.3 is 5.97 Å². The van der Waals surface area contributed by atoms with E-state index in [1.165, 1.54) is 30.5 Å². The second kappa shape index (κ2) is 5.42. The summed E-state index contributed by atoms with van der Waals surface area (Å²) in [6.45, 7) is 0. The van der Waals surface area contributed by atoms with Crippen molar-refractivity contribution in [1.82, 2.24) is 4.98 Å². The van der Waals surface area contributed by atoms with Crippen LogP contribution >= 0.6 is 23.2 Å². The zero-order valence-electron chi connectivity index (χ0n) is 9.32. The fourth-order valence-corrected chi connectivity index (χ4v) is 1.75. The highest BCUT2D eigenvalue weighted by Crippen LogP contribution is 2.25. The number of aromatic carboxylic acids is 1. The Morgan fingerprint density at radius 3 is 2.68 bits per heavy atom. The van der Waals surface area contributed by atoms with E-state index >= 15 is 0 Å². The van der Waals surface area contributed by atoms with Gasteiger partial charge in [-0.1, -0.05) is 23.2 Å². The second-order valence-electron chi connectivity index (χ2n) is 3.61. The molecule has 2 N–H and O–H groups in total. The molecule has 19 heavy (non-hydrogen) atoms. The largest absolute Gasteiger partial charge is 0.478 e. The number of pyridine rings is 1. The predicted octanol–water partition coefficient (Wildman–Crippen LogP) is 3.97. The first-order chi connectivity index (χ1) is 8.97. The molecule has 0 aliphatic rings. The molecule has 0 saturated carbocycles. The maximum Gasteiger partial charge on any atom is 0.339 e. The van der Waals surface area contributed by atoms with E-state index < -0.39 is 11.8 Å². The fourth-order valence-electron chi connectivity index (χ4n) is 1.41. The number of hydrogen-bond donors (Lipinski definition) is 2. The molecule has 2 rings (SSSR count). The predicted molar refractivity (Wildman–Crippen MR) is 70.9 cm³/mol. The van der Waals surface area contributed by atoms with Gasteiger partial charge in [-0.2, -0.15) is 0 Å². The number of nitrogens with one attached hydrogen (secondary N) is 1. The van der Waals surface area contributed by atoms with E-state index in [0.717, 1.165) is 0 Å². The van der Waals surface area contributed by atoms with Crippen LogP contribution in [0.2, 0.25) is 10.0 Å². The lowest BCUT2D eigenvalue weighted by Crippen LogP contribution is -2.04. The molecule has 0 unspecified atom stereocenters. The van der Waals surface area contributed by atoms with Gasteiger partial charge in [0.05, 0.1) is 10.0 Å². The van der Waals surface area contributed by atoms with Crippen LogP contribution in [0.1, 0.15) is 10.4 Å². The van der Waals surface area contributed by atoms with Crippen molar-refractivity contribution in [3.05, 3.63) is 51.9 Å². The van der Waals surface area contributed by atoms with E-state index in [4.69, 9.17) is 28.3 Å². The van der Waals surface area contributed by atoms with Crippen molar-refractivity contribution in [3.8, 4) is 0 Å². The molecule has 0 amide bonds. The first-order valence-electron chi connectivity index (χ1n) is 5.08. The average Bonchev–Trinajstić information content (AvgIpc) is 2.36. The van der Waals surface area contributed by atoms with E-state index in [2.05, 4.69) is 10.3 Å². The van der Waals surface area contributed by atoms with E-state index in [1.807, 2.05) is 0 Å². The number of anilines is 2. The molecule has 1 aromatic heterocycles. The summed E-state index contributed by atoms with van der Waals surface area (Å²) in [6.07, 6.45) is 1.31. The summed E-state index contributed by atoms with van der Waals surface area (Å²) >= 11 is 11.3. The summed E-state index contributed by atoms with van der Waals surface area (Å²) in [7, 11) is 0. The third kappa shape index (κ3) is 3.13. The summed E-state index contributed by atoms with van der Waals surface area (Å²) < 4.78 is 13.0. The van der Waals surface area contributed by atoms with Crippen molar-refractivity contribution in [2.75, 3.05) is 5.32 Å². The highest BCUT2D eigenvalue weighted by molar-refractivity contribution is 6.31. The molecule has 0 spiro atoms. The van der Waals surface area contributed by atoms with Crippen molar-refractivity contribution < 1.29 is 14.3 Å². The van der Waals surface area contributed by atoms with E-state index in [0.29, 0.717) is 5.69 Å². The van der Waals surface area contributed by atoms with Crippen LogP contribution in [0, 0.1) is 5.82 Å². The quantitative estimate of drug-likeness (QED) is 0.900. The van der Waals surface area contributed by atoms with Gasteiger partial charge in [0.15, 0.2) is 0 Å². The SMILES string of the molecule is O=C(O)c1cc(Cl)cnc1Nc1ccc(F)c(Cl)c1. The molecule has 0 bridgehead atoms. The minimum atomic E-state index is -1.18. The Morgan fingerprint density at radius 2 is 2.05 bits per heavy atom. The van der Waals surface area contributed by atoms with Gasteiger partial charge in [-0.05, 0) is 24.3 Å². The highest BCUT2D eigenvalue weighted by atomic mass is 35.5. The number of aromatic nitrogens is 1. The summed E-state index contributed by atoms with van der Waals surface area (Å²) in [4.78, 5) is 14.9. The Hall–Kier alpha value is -1.85. The monoisotopic (exact) mass is 300 g/mol. The van der Waals surface area contributed by atoms with Crippen LogP contribution in [-0.2, 0) is 0 Å². The molecule has 0 radical (unpaired) electrons. The lowest BCUT2D eigenvalue weighted by molar-refractivity contribution is 0.0697. The van der Waals surface area contributed by atoms with E-state index in [1.54, 1.807) is 0 Å². The maximum atomic E-state index is 13.0. The smallest absolute Gasteiger partial charge is 0.339 e. The Morgan fingerprint density at radius 1 is 1.32 bits per heavy atom.